The zero-order valence-corrected chi connectivity index (χ0v) is 13.5. The fraction of sp³-hybridized carbons (Fsp3) is 0.294. The minimum absolute atomic E-state index is 0.0475. The molecule has 0 spiro atoms. The maximum absolute atomic E-state index is 12.3. The highest BCUT2D eigenvalue weighted by Crippen LogP contribution is 2.38. The quantitative estimate of drug-likeness (QED) is 0.759. The lowest BCUT2D eigenvalue weighted by molar-refractivity contribution is 0.0280. The number of rotatable bonds is 5. The molecule has 1 aliphatic rings. The molecule has 1 aliphatic heterocycles. The summed E-state index contributed by atoms with van der Waals surface area (Å²) in [5.74, 6) is 0.439. The zero-order chi connectivity index (χ0) is 16.9. The number of esters is 1. The van der Waals surface area contributed by atoms with Gasteiger partial charge < -0.3 is 9.47 Å². The summed E-state index contributed by atoms with van der Waals surface area (Å²) >= 11 is 1.74. The first kappa shape index (κ1) is 16.7. The van der Waals surface area contributed by atoms with E-state index in [0.29, 0.717) is 0 Å². The van der Waals surface area contributed by atoms with Crippen LogP contribution in [0.4, 0.5) is 8.78 Å². The number of hydrogen-bond donors (Lipinski definition) is 0. The number of halogens is 2. The van der Waals surface area contributed by atoms with Gasteiger partial charge in [-0.05, 0) is 18.6 Å². The fourth-order valence-electron chi connectivity index (χ4n) is 2.36. The molecule has 24 heavy (non-hydrogen) atoms. The number of benzene rings is 1. The van der Waals surface area contributed by atoms with Crippen molar-refractivity contribution in [2.24, 2.45) is 0 Å². The van der Waals surface area contributed by atoms with Crippen molar-refractivity contribution in [1.29, 1.82) is 0 Å². The summed E-state index contributed by atoms with van der Waals surface area (Å²) < 4.78 is 34.5. The van der Waals surface area contributed by atoms with E-state index >= 15 is 0 Å². The van der Waals surface area contributed by atoms with Gasteiger partial charge in [-0.1, -0.05) is 18.2 Å². The molecule has 0 bridgehead atoms. The van der Waals surface area contributed by atoms with E-state index in [9.17, 15) is 13.6 Å². The summed E-state index contributed by atoms with van der Waals surface area (Å²) in [5, 5.41) is 0. The van der Waals surface area contributed by atoms with Gasteiger partial charge in [0.05, 0.1) is 5.56 Å². The molecule has 1 atom stereocenters. The van der Waals surface area contributed by atoms with Crippen molar-refractivity contribution >= 4 is 17.7 Å². The minimum Gasteiger partial charge on any atom is -0.472 e. The van der Waals surface area contributed by atoms with Gasteiger partial charge in [0.15, 0.2) is 6.61 Å². The number of hydrogen-bond acceptors (Lipinski definition) is 5. The molecule has 126 valence electrons. The summed E-state index contributed by atoms with van der Waals surface area (Å²) in [7, 11) is 0. The van der Waals surface area contributed by atoms with Crippen LogP contribution in [-0.2, 0) is 4.74 Å². The van der Waals surface area contributed by atoms with Gasteiger partial charge in [-0.2, -0.15) is 0 Å². The molecule has 2 heterocycles. The van der Waals surface area contributed by atoms with E-state index < -0.39 is 19.0 Å². The molecule has 0 saturated carbocycles. The van der Waals surface area contributed by atoms with Gasteiger partial charge in [-0.3, -0.25) is 0 Å². The molecule has 0 fully saturated rings. The molecular weight excluding hydrogens is 336 g/mol. The molecule has 0 unspecified atom stereocenters. The van der Waals surface area contributed by atoms with Crippen LogP contribution in [0.15, 0.2) is 47.5 Å². The summed E-state index contributed by atoms with van der Waals surface area (Å²) in [4.78, 5) is 17.2. The molecule has 1 aromatic carbocycles. The maximum atomic E-state index is 12.3. The van der Waals surface area contributed by atoms with Crippen molar-refractivity contribution in [3.8, 4) is 5.88 Å². The third-order valence-corrected chi connectivity index (χ3v) is 4.60. The Bertz CT molecular complexity index is 709. The van der Waals surface area contributed by atoms with Gasteiger partial charge in [0.25, 0.3) is 6.43 Å². The Hall–Kier alpha value is -2.15. The monoisotopic (exact) mass is 351 g/mol. The molecule has 0 amide bonds. The average Bonchev–Trinajstić information content (AvgIpc) is 2.60. The number of nitrogens with zero attached hydrogens (tertiary/aromatic N) is 1. The Morgan fingerprint density at radius 2 is 2.12 bits per heavy atom. The highest BCUT2D eigenvalue weighted by atomic mass is 32.2. The van der Waals surface area contributed by atoms with Crippen molar-refractivity contribution in [1.82, 2.24) is 4.98 Å². The third kappa shape index (κ3) is 4.03. The molecule has 7 heteroatoms. The number of thioether (sulfide) groups is 1. The van der Waals surface area contributed by atoms with Crippen LogP contribution in [0.3, 0.4) is 0 Å². The van der Waals surface area contributed by atoms with Gasteiger partial charge >= 0.3 is 5.97 Å². The predicted octanol–water partition coefficient (Wildman–Crippen LogP) is 4.12. The first-order chi connectivity index (χ1) is 11.6. The largest absolute Gasteiger partial charge is 0.472 e. The Labute approximate surface area is 142 Å². The van der Waals surface area contributed by atoms with Gasteiger partial charge in [0.2, 0.25) is 5.88 Å². The van der Waals surface area contributed by atoms with E-state index in [-0.39, 0.29) is 17.5 Å². The van der Waals surface area contributed by atoms with Crippen LogP contribution in [0.2, 0.25) is 0 Å². The lowest BCUT2D eigenvalue weighted by Gasteiger charge is -2.24. The van der Waals surface area contributed by atoms with Crippen molar-refractivity contribution in [2.75, 3.05) is 12.4 Å². The van der Waals surface area contributed by atoms with Gasteiger partial charge in [0.1, 0.15) is 6.10 Å². The van der Waals surface area contributed by atoms with Gasteiger partial charge in [0, 0.05) is 28.5 Å². The summed E-state index contributed by atoms with van der Waals surface area (Å²) in [5.41, 5.74) is 1.27. The topological polar surface area (TPSA) is 48.4 Å². The van der Waals surface area contributed by atoms with Crippen LogP contribution in [0.5, 0.6) is 5.88 Å². The Kier molecular flexibility index (Phi) is 5.30. The zero-order valence-electron chi connectivity index (χ0n) is 12.7. The molecule has 0 radical (unpaired) electrons. The molecule has 1 aromatic heterocycles. The number of aromatic nitrogens is 1. The second-order valence-corrected chi connectivity index (χ2v) is 6.29. The maximum Gasteiger partial charge on any atom is 0.340 e. The summed E-state index contributed by atoms with van der Waals surface area (Å²) in [6.07, 6.45) is -0.839. The average molecular weight is 351 g/mol. The lowest BCUT2D eigenvalue weighted by atomic mass is 10.1. The SMILES string of the molecule is O=C(O[C@@H]1CCSc2ccccc21)c1ccc(OCC(F)F)nc1. The molecule has 0 N–H and O–H groups in total. The van der Waals surface area contributed by atoms with Crippen molar-refractivity contribution in [2.45, 2.75) is 23.8 Å². The number of pyridine rings is 1. The van der Waals surface area contributed by atoms with Crippen LogP contribution >= 0.6 is 11.8 Å². The number of carbonyl (C=O) groups excluding carboxylic acids is 1. The van der Waals surface area contributed by atoms with Gasteiger partial charge in [-0.25, -0.2) is 18.6 Å². The standard InChI is InChI=1S/C17H15F2NO3S/c18-15(19)10-22-16-6-5-11(9-20-16)17(21)23-13-7-8-24-14-4-2-1-3-12(13)14/h1-6,9,13,15H,7-8,10H2/t13-/m1/s1. The summed E-state index contributed by atoms with van der Waals surface area (Å²) in [6, 6.07) is 10.7. The van der Waals surface area contributed by atoms with E-state index in [0.717, 1.165) is 22.6 Å². The highest BCUT2D eigenvalue weighted by Gasteiger charge is 2.24. The van der Waals surface area contributed by atoms with Crippen molar-refractivity contribution in [3.63, 3.8) is 0 Å². The van der Waals surface area contributed by atoms with E-state index in [1.54, 1.807) is 11.8 Å². The van der Waals surface area contributed by atoms with Crippen LogP contribution < -0.4 is 4.74 Å². The first-order valence-electron chi connectivity index (χ1n) is 7.43. The normalized spacial score (nSPS) is 16.5. The number of fused-ring (bicyclic) bond motifs is 1. The fourth-order valence-corrected chi connectivity index (χ4v) is 3.46. The molecule has 0 aliphatic carbocycles. The Balaban J connectivity index is 1.65. The Morgan fingerprint density at radius 1 is 1.29 bits per heavy atom. The number of carbonyl (C=O) groups is 1. The molecule has 4 nitrogen and oxygen atoms in total. The number of ether oxygens (including phenoxy) is 2. The first-order valence-corrected chi connectivity index (χ1v) is 8.42. The molecule has 0 saturated heterocycles. The smallest absolute Gasteiger partial charge is 0.340 e. The summed E-state index contributed by atoms with van der Waals surface area (Å²) in [6.45, 7) is -0.729. The van der Waals surface area contributed by atoms with Crippen LogP contribution in [0.1, 0.15) is 28.4 Å². The number of alkyl halides is 2. The predicted molar refractivity (Wildman–Crippen MR) is 85.7 cm³/mol. The van der Waals surface area contributed by atoms with Crippen LogP contribution in [0.25, 0.3) is 0 Å². The third-order valence-electron chi connectivity index (χ3n) is 3.48. The Morgan fingerprint density at radius 3 is 2.88 bits per heavy atom. The lowest BCUT2D eigenvalue weighted by Crippen LogP contribution is -2.16. The van der Waals surface area contributed by atoms with Crippen molar-refractivity contribution in [3.05, 3.63) is 53.7 Å². The van der Waals surface area contributed by atoms with E-state index in [4.69, 9.17) is 9.47 Å². The molecule has 2 aromatic rings. The van der Waals surface area contributed by atoms with Crippen LogP contribution in [-0.4, -0.2) is 29.7 Å². The van der Waals surface area contributed by atoms with E-state index in [2.05, 4.69) is 4.98 Å². The van der Waals surface area contributed by atoms with E-state index in [1.807, 2.05) is 24.3 Å². The van der Waals surface area contributed by atoms with E-state index in [1.165, 1.54) is 18.3 Å². The molecule has 3 rings (SSSR count). The minimum atomic E-state index is -2.57. The van der Waals surface area contributed by atoms with Crippen LogP contribution in [0, 0.1) is 0 Å². The van der Waals surface area contributed by atoms with Crippen molar-refractivity contribution < 1.29 is 23.0 Å². The second-order valence-electron chi connectivity index (χ2n) is 5.16. The highest BCUT2D eigenvalue weighted by molar-refractivity contribution is 7.99. The second kappa shape index (κ2) is 7.61. The van der Waals surface area contributed by atoms with Gasteiger partial charge in [-0.15, -0.1) is 11.8 Å². The molecular formula is C17H15F2NO3S.